The van der Waals surface area contributed by atoms with E-state index >= 15 is 0 Å². The first-order valence-corrected chi connectivity index (χ1v) is 16.3. The standard InChI is InChI=1S/C32H51NO14/c1-8-13-23(35)42-19-22(44-25(37)15-10-3)29(45-26(38)16-11-4)30-28(33-20(6)34)21(43-24(36)14-9-2)18-32(47-30,31(40)41-7)46-27(39)17-12-5/h21-22,28-30H,8-19H2,1-7H3,(H,33,34)/t21-,22+,28+,29+,30+,32?/m0/s1. The summed E-state index contributed by atoms with van der Waals surface area (Å²) in [6.45, 7) is 9.23. The van der Waals surface area contributed by atoms with Gasteiger partial charge in [0.15, 0.2) is 12.2 Å². The van der Waals surface area contributed by atoms with Crippen molar-refractivity contribution in [1.29, 1.82) is 0 Å². The molecule has 1 heterocycles. The van der Waals surface area contributed by atoms with Crippen LogP contribution < -0.4 is 5.32 Å². The molecule has 0 saturated carbocycles. The van der Waals surface area contributed by atoms with Gasteiger partial charge in [0.1, 0.15) is 18.8 Å². The van der Waals surface area contributed by atoms with Crippen molar-refractivity contribution in [3.8, 4) is 0 Å². The highest BCUT2D eigenvalue weighted by atomic mass is 16.8. The Balaban J connectivity index is 4.01. The SMILES string of the molecule is CCCC(=O)OC[C@@H](OC(=O)CCC)[C@@H](OC(=O)CCC)[C@@H]1OC(OC(=O)CCC)(C(=O)OC)C[C@H](OC(=O)CCC)[C@H]1NC(C)=O. The number of rotatable bonds is 20. The molecule has 47 heavy (non-hydrogen) atoms. The molecule has 0 aromatic carbocycles. The number of hydrogen-bond donors (Lipinski definition) is 1. The van der Waals surface area contributed by atoms with Crippen molar-refractivity contribution in [2.75, 3.05) is 13.7 Å². The Morgan fingerprint density at radius 3 is 1.79 bits per heavy atom. The van der Waals surface area contributed by atoms with E-state index < -0.39 is 91.0 Å². The number of nitrogens with one attached hydrogen (secondary N) is 1. The fraction of sp³-hybridized carbons (Fsp3) is 0.781. The van der Waals surface area contributed by atoms with Gasteiger partial charge in [-0.05, 0) is 32.1 Å². The Kier molecular flexibility index (Phi) is 18.6. The maximum Gasteiger partial charge on any atom is 0.379 e. The van der Waals surface area contributed by atoms with Gasteiger partial charge in [0, 0.05) is 39.0 Å². The van der Waals surface area contributed by atoms with Crippen molar-refractivity contribution < 1.29 is 66.7 Å². The Labute approximate surface area is 276 Å². The molecule has 1 fully saturated rings. The quantitative estimate of drug-likeness (QED) is 0.146. The topological polar surface area (TPSA) is 196 Å². The van der Waals surface area contributed by atoms with Crippen molar-refractivity contribution in [3.63, 3.8) is 0 Å². The third kappa shape index (κ3) is 13.5. The summed E-state index contributed by atoms with van der Waals surface area (Å²) in [5, 5.41) is 2.63. The van der Waals surface area contributed by atoms with Crippen molar-refractivity contribution in [2.24, 2.45) is 0 Å². The second-order valence-corrected chi connectivity index (χ2v) is 11.2. The fourth-order valence-corrected chi connectivity index (χ4v) is 4.85. The third-order valence-corrected chi connectivity index (χ3v) is 6.90. The highest BCUT2D eigenvalue weighted by Gasteiger charge is 2.60. The fourth-order valence-electron chi connectivity index (χ4n) is 4.85. The van der Waals surface area contributed by atoms with Gasteiger partial charge in [-0.25, -0.2) is 4.79 Å². The van der Waals surface area contributed by atoms with Crippen LogP contribution in [0.25, 0.3) is 0 Å². The number of methoxy groups -OCH3 is 1. The van der Waals surface area contributed by atoms with Crippen molar-refractivity contribution >= 4 is 41.7 Å². The maximum absolute atomic E-state index is 13.4. The van der Waals surface area contributed by atoms with Crippen LogP contribution in [-0.4, -0.2) is 91.7 Å². The van der Waals surface area contributed by atoms with Crippen molar-refractivity contribution in [1.82, 2.24) is 5.32 Å². The van der Waals surface area contributed by atoms with Gasteiger partial charge in [0.05, 0.1) is 19.6 Å². The molecule has 0 aliphatic carbocycles. The largest absolute Gasteiger partial charge is 0.464 e. The summed E-state index contributed by atoms with van der Waals surface area (Å²) in [7, 11) is 1.02. The van der Waals surface area contributed by atoms with E-state index in [1.807, 2.05) is 0 Å². The molecular weight excluding hydrogens is 622 g/mol. The van der Waals surface area contributed by atoms with Crippen LogP contribution >= 0.6 is 0 Å². The number of ether oxygens (including phenoxy) is 7. The smallest absolute Gasteiger partial charge is 0.379 e. The predicted octanol–water partition coefficient (Wildman–Crippen LogP) is 2.97. The number of esters is 6. The molecule has 15 nitrogen and oxygen atoms in total. The second-order valence-electron chi connectivity index (χ2n) is 11.2. The Morgan fingerprint density at radius 1 is 0.745 bits per heavy atom. The molecule has 1 aliphatic heterocycles. The van der Waals surface area contributed by atoms with Crippen LogP contribution in [0, 0.1) is 0 Å². The Morgan fingerprint density at radius 2 is 1.26 bits per heavy atom. The minimum absolute atomic E-state index is 0.0325. The van der Waals surface area contributed by atoms with E-state index in [1.165, 1.54) is 6.92 Å². The first-order chi connectivity index (χ1) is 22.3. The zero-order valence-corrected chi connectivity index (χ0v) is 28.6. The molecule has 1 unspecified atom stereocenters. The highest BCUT2D eigenvalue weighted by Crippen LogP contribution is 2.37. The molecule has 0 radical (unpaired) electrons. The predicted molar refractivity (Wildman–Crippen MR) is 163 cm³/mol. The highest BCUT2D eigenvalue weighted by molar-refractivity contribution is 5.82. The summed E-state index contributed by atoms with van der Waals surface area (Å²) in [6.07, 6.45) is -5.23. The van der Waals surface area contributed by atoms with Gasteiger partial charge < -0.3 is 38.5 Å². The average Bonchev–Trinajstić information content (AvgIpc) is 2.99. The molecule has 15 heteroatoms. The molecule has 1 N–H and O–H groups in total. The zero-order valence-electron chi connectivity index (χ0n) is 28.6. The number of amides is 1. The summed E-state index contributed by atoms with van der Waals surface area (Å²) in [6, 6.07) is -1.35. The van der Waals surface area contributed by atoms with Crippen molar-refractivity contribution in [3.05, 3.63) is 0 Å². The van der Waals surface area contributed by atoms with E-state index in [9.17, 15) is 33.6 Å². The van der Waals surface area contributed by atoms with Crippen LogP contribution in [0.5, 0.6) is 0 Å². The van der Waals surface area contributed by atoms with Crippen LogP contribution in [0.4, 0.5) is 0 Å². The number of hydrogen-bond acceptors (Lipinski definition) is 14. The van der Waals surface area contributed by atoms with Crippen LogP contribution in [0.15, 0.2) is 0 Å². The van der Waals surface area contributed by atoms with Crippen LogP contribution in [-0.2, 0) is 66.7 Å². The number of carbonyl (C=O) groups is 7. The average molecular weight is 674 g/mol. The normalized spacial score (nSPS) is 21.7. The molecule has 0 aromatic rings. The summed E-state index contributed by atoms with van der Waals surface area (Å²) in [5.74, 6) is -8.06. The van der Waals surface area contributed by atoms with E-state index in [2.05, 4.69) is 5.32 Å². The van der Waals surface area contributed by atoms with Gasteiger partial charge in [0.25, 0.3) is 0 Å². The molecular formula is C32H51NO14. The van der Waals surface area contributed by atoms with E-state index in [0.29, 0.717) is 32.1 Å². The monoisotopic (exact) mass is 673 g/mol. The second kappa shape index (κ2) is 21.2. The van der Waals surface area contributed by atoms with Crippen molar-refractivity contribution in [2.45, 2.75) is 148 Å². The van der Waals surface area contributed by atoms with E-state index in [4.69, 9.17) is 33.2 Å². The van der Waals surface area contributed by atoms with E-state index in [-0.39, 0.29) is 32.1 Å². The maximum atomic E-state index is 13.4. The van der Waals surface area contributed by atoms with Crippen LogP contribution in [0.1, 0.15) is 112 Å². The van der Waals surface area contributed by atoms with Crippen LogP contribution in [0.3, 0.4) is 0 Å². The minimum atomic E-state index is -2.55. The van der Waals surface area contributed by atoms with Gasteiger partial charge in [-0.3, -0.25) is 28.8 Å². The molecule has 0 spiro atoms. The first kappa shape index (κ1) is 41.3. The molecule has 268 valence electrons. The molecule has 1 saturated heterocycles. The summed E-state index contributed by atoms with van der Waals surface area (Å²) in [4.78, 5) is 90.0. The Hall–Kier alpha value is -3.75. The van der Waals surface area contributed by atoms with Crippen LogP contribution in [0.2, 0.25) is 0 Å². The molecule has 1 rings (SSSR count). The molecule has 0 aromatic heterocycles. The van der Waals surface area contributed by atoms with E-state index in [0.717, 1.165) is 7.11 Å². The lowest BCUT2D eigenvalue weighted by molar-refractivity contribution is -0.305. The molecule has 1 aliphatic rings. The summed E-state index contributed by atoms with van der Waals surface area (Å²) in [5.41, 5.74) is 0. The third-order valence-electron chi connectivity index (χ3n) is 6.90. The van der Waals surface area contributed by atoms with E-state index in [1.54, 1.807) is 34.6 Å². The molecule has 6 atom stereocenters. The van der Waals surface area contributed by atoms with Gasteiger partial charge in [-0.1, -0.05) is 34.6 Å². The minimum Gasteiger partial charge on any atom is -0.464 e. The summed E-state index contributed by atoms with van der Waals surface area (Å²) < 4.78 is 39.4. The van der Waals surface area contributed by atoms with Gasteiger partial charge >= 0.3 is 41.6 Å². The molecule has 1 amide bonds. The summed E-state index contributed by atoms with van der Waals surface area (Å²) >= 11 is 0. The lowest BCUT2D eigenvalue weighted by Gasteiger charge is -2.48. The lowest BCUT2D eigenvalue weighted by Crippen LogP contribution is -2.69. The zero-order chi connectivity index (χ0) is 35.6. The van der Waals surface area contributed by atoms with Gasteiger partial charge in [0.2, 0.25) is 5.91 Å². The number of carbonyl (C=O) groups excluding carboxylic acids is 7. The van der Waals surface area contributed by atoms with Gasteiger partial charge in [-0.2, -0.15) is 0 Å². The molecule has 0 bridgehead atoms. The van der Waals surface area contributed by atoms with Gasteiger partial charge in [-0.15, -0.1) is 0 Å². The Bertz CT molecular complexity index is 1080. The first-order valence-electron chi connectivity index (χ1n) is 16.3. The lowest BCUT2D eigenvalue weighted by atomic mass is 9.87.